The topological polar surface area (TPSA) is 81.5 Å². The lowest BCUT2D eigenvalue weighted by molar-refractivity contribution is -0.130. The van der Waals surface area contributed by atoms with Crippen LogP contribution in [0.4, 0.5) is 0 Å². The molecule has 0 unspecified atom stereocenters. The van der Waals surface area contributed by atoms with Crippen molar-refractivity contribution in [1.29, 1.82) is 5.26 Å². The summed E-state index contributed by atoms with van der Waals surface area (Å²) in [6, 6.07) is 6.07. The summed E-state index contributed by atoms with van der Waals surface area (Å²) in [7, 11) is -1.93. The van der Waals surface area contributed by atoms with Gasteiger partial charge in [0.15, 0.2) is 0 Å². The zero-order valence-electron chi connectivity index (χ0n) is 13.0. The summed E-state index contributed by atoms with van der Waals surface area (Å²) >= 11 is 5.85. The summed E-state index contributed by atoms with van der Waals surface area (Å²) in [6.07, 6.45) is 1.18. The van der Waals surface area contributed by atoms with Crippen LogP contribution in [0.25, 0.3) is 0 Å². The van der Waals surface area contributed by atoms with E-state index in [1.807, 2.05) is 6.07 Å². The molecule has 23 heavy (non-hydrogen) atoms. The number of hydrogen-bond acceptors (Lipinski definition) is 4. The highest BCUT2D eigenvalue weighted by Gasteiger charge is 2.31. The molecule has 0 radical (unpaired) electrons. The van der Waals surface area contributed by atoms with Gasteiger partial charge in [0.1, 0.15) is 6.07 Å². The van der Waals surface area contributed by atoms with Crippen molar-refractivity contribution in [2.75, 3.05) is 20.1 Å². The van der Waals surface area contributed by atoms with E-state index in [0.717, 1.165) is 0 Å². The van der Waals surface area contributed by atoms with Crippen LogP contribution in [0.5, 0.6) is 0 Å². The van der Waals surface area contributed by atoms with Gasteiger partial charge in [0.05, 0.1) is 15.5 Å². The van der Waals surface area contributed by atoms with Crippen molar-refractivity contribution < 1.29 is 13.2 Å². The normalized spacial score (nSPS) is 16.8. The van der Waals surface area contributed by atoms with Crippen molar-refractivity contribution in [3.63, 3.8) is 0 Å². The number of amides is 1. The van der Waals surface area contributed by atoms with E-state index < -0.39 is 10.0 Å². The Kier molecular flexibility index (Phi) is 5.30. The number of hydrogen-bond donors (Lipinski definition) is 0. The van der Waals surface area contributed by atoms with Crippen LogP contribution < -0.4 is 0 Å². The Hall–Kier alpha value is -1.62. The Balaban J connectivity index is 2.17. The second-order valence-corrected chi connectivity index (χ2v) is 7.86. The van der Waals surface area contributed by atoms with E-state index in [1.54, 1.807) is 11.9 Å². The number of benzene rings is 1. The first-order valence-electron chi connectivity index (χ1n) is 7.20. The second-order valence-electron chi connectivity index (χ2n) is 5.52. The van der Waals surface area contributed by atoms with E-state index in [4.69, 9.17) is 16.9 Å². The van der Waals surface area contributed by atoms with Gasteiger partial charge in [0, 0.05) is 33.1 Å². The highest BCUT2D eigenvalue weighted by Crippen LogP contribution is 2.25. The van der Waals surface area contributed by atoms with Crippen LogP contribution in [0, 0.1) is 11.3 Å². The SMILES string of the molecule is CC(=O)N(C)C1CCN(S(=O)(=O)c2ccc(Cl)c(C#N)c2)CC1. The maximum Gasteiger partial charge on any atom is 0.243 e. The molecular weight excluding hydrogens is 338 g/mol. The molecule has 1 aromatic carbocycles. The zero-order valence-corrected chi connectivity index (χ0v) is 14.6. The van der Waals surface area contributed by atoms with Crippen LogP contribution in [0.15, 0.2) is 23.1 Å². The largest absolute Gasteiger partial charge is 0.343 e. The Morgan fingerprint density at radius 2 is 2.00 bits per heavy atom. The first-order valence-corrected chi connectivity index (χ1v) is 9.02. The molecule has 1 heterocycles. The Morgan fingerprint density at radius 1 is 1.39 bits per heavy atom. The molecule has 8 heteroatoms. The standard InChI is InChI=1S/C15H18ClN3O3S/c1-11(20)18(2)13-5-7-19(8-6-13)23(21,22)14-3-4-15(16)12(9-14)10-17/h3-4,9,13H,5-8H2,1-2H3. The summed E-state index contributed by atoms with van der Waals surface area (Å²) in [5, 5.41) is 9.22. The summed E-state index contributed by atoms with van der Waals surface area (Å²) < 4.78 is 26.7. The molecule has 2 rings (SSSR count). The zero-order chi connectivity index (χ0) is 17.2. The summed E-state index contributed by atoms with van der Waals surface area (Å²) in [6.45, 7) is 2.19. The highest BCUT2D eigenvalue weighted by atomic mass is 35.5. The maximum atomic E-state index is 12.7. The van der Waals surface area contributed by atoms with Gasteiger partial charge < -0.3 is 4.90 Å². The molecule has 1 aliphatic rings. The summed E-state index contributed by atoms with van der Waals surface area (Å²) in [4.78, 5) is 13.1. The number of piperidine rings is 1. The molecule has 0 bridgehead atoms. The predicted octanol–water partition coefficient (Wildman–Crippen LogP) is 1.84. The van der Waals surface area contributed by atoms with Gasteiger partial charge in [0.25, 0.3) is 0 Å². The third-order valence-electron chi connectivity index (χ3n) is 4.16. The van der Waals surface area contributed by atoms with Crippen LogP contribution in [0.3, 0.4) is 0 Å². The van der Waals surface area contributed by atoms with Crippen molar-refractivity contribution >= 4 is 27.5 Å². The number of sulfonamides is 1. The molecule has 1 aromatic rings. The van der Waals surface area contributed by atoms with Gasteiger partial charge in [-0.15, -0.1) is 0 Å². The van der Waals surface area contributed by atoms with Crippen molar-refractivity contribution in [2.24, 2.45) is 0 Å². The van der Waals surface area contributed by atoms with Crippen molar-refractivity contribution in [3.05, 3.63) is 28.8 Å². The van der Waals surface area contributed by atoms with Gasteiger partial charge in [-0.05, 0) is 31.0 Å². The average Bonchev–Trinajstić information content (AvgIpc) is 2.54. The molecule has 0 aliphatic carbocycles. The third-order valence-corrected chi connectivity index (χ3v) is 6.39. The number of halogens is 1. The molecule has 6 nitrogen and oxygen atoms in total. The highest BCUT2D eigenvalue weighted by molar-refractivity contribution is 7.89. The van der Waals surface area contributed by atoms with Crippen LogP contribution in [0.1, 0.15) is 25.3 Å². The smallest absolute Gasteiger partial charge is 0.243 e. The second kappa shape index (κ2) is 6.87. The molecule has 0 spiro atoms. The number of nitrogens with zero attached hydrogens (tertiary/aromatic N) is 3. The molecule has 1 aliphatic heterocycles. The molecule has 0 atom stereocenters. The molecular formula is C15H18ClN3O3S. The first kappa shape index (κ1) is 17.7. The Labute approximate surface area is 141 Å². The van der Waals surface area contributed by atoms with E-state index in [-0.39, 0.29) is 27.4 Å². The fourth-order valence-electron chi connectivity index (χ4n) is 2.63. The van der Waals surface area contributed by atoms with Crippen molar-refractivity contribution in [3.8, 4) is 6.07 Å². The minimum atomic E-state index is -3.66. The molecule has 0 N–H and O–H groups in total. The molecule has 1 saturated heterocycles. The van der Waals surface area contributed by atoms with Crippen LogP contribution in [-0.4, -0.2) is 49.7 Å². The van der Waals surface area contributed by atoms with Gasteiger partial charge in [-0.25, -0.2) is 8.42 Å². The van der Waals surface area contributed by atoms with Crippen molar-refractivity contribution in [1.82, 2.24) is 9.21 Å². The van der Waals surface area contributed by atoms with Gasteiger partial charge in [-0.3, -0.25) is 4.79 Å². The maximum absolute atomic E-state index is 12.7. The lowest BCUT2D eigenvalue weighted by atomic mass is 10.1. The van der Waals surface area contributed by atoms with E-state index in [1.165, 1.54) is 29.4 Å². The monoisotopic (exact) mass is 355 g/mol. The fraction of sp³-hybridized carbons (Fsp3) is 0.467. The number of carbonyl (C=O) groups excluding carboxylic acids is 1. The van der Waals surface area contributed by atoms with Crippen LogP contribution in [-0.2, 0) is 14.8 Å². The lowest BCUT2D eigenvalue weighted by Gasteiger charge is -2.35. The number of nitriles is 1. The van der Waals surface area contributed by atoms with Gasteiger partial charge in [0.2, 0.25) is 15.9 Å². The van der Waals surface area contributed by atoms with E-state index in [9.17, 15) is 13.2 Å². The Morgan fingerprint density at radius 3 is 2.52 bits per heavy atom. The van der Waals surface area contributed by atoms with Gasteiger partial charge >= 0.3 is 0 Å². The molecule has 1 fully saturated rings. The number of rotatable bonds is 3. The summed E-state index contributed by atoms with van der Waals surface area (Å²) in [5.41, 5.74) is 0.138. The predicted molar refractivity (Wildman–Crippen MR) is 86.4 cm³/mol. The fourth-order valence-corrected chi connectivity index (χ4v) is 4.28. The van der Waals surface area contributed by atoms with Gasteiger partial charge in [-0.1, -0.05) is 11.6 Å². The van der Waals surface area contributed by atoms with Crippen molar-refractivity contribution in [2.45, 2.75) is 30.7 Å². The first-order chi connectivity index (χ1) is 10.8. The summed E-state index contributed by atoms with van der Waals surface area (Å²) in [5.74, 6) is -0.0253. The Bertz CT molecular complexity index is 750. The third kappa shape index (κ3) is 3.66. The lowest BCUT2D eigenvalue weighted by Crippen LogP contribution is -2.46. The minimum absolute atomic E-state index is 0.0253. The quantitative estimate of drug-likeness (QED) is 0.828. The number of carbonyl (C=O) groups is 1. The molecule has 0 saturated carbocycles. The van der Waals surface area contributed by atoms with E-state index in [2.05, 4.69) is 0 Å². The average molecular weight is 356 g/mol. The molecule has 1 amide bonds. The van der Waals surface area contributed by atoms with E-state index in [0.29, 0.717) is 25.9 Å². The minimum Gasteiger partial charge on any atom is -0.343 e. The van der Waals surface area contributed by atoms with E-state index >= 15 is 0 Å². The van der Waals surface area contributed by atoms with Crippen LogP contribution in [0.2, 0.25) is 5.02 Å². The molecule has 0 aromatic heterocycles. The van der Waals surface area contributed by atoms with Gasteiger partial charge in [-0.2, -0.15) is 9.57 Å². The van der Waals surface area contributed by atoms with Crippen LogP contribution >= 0.6 is 11.6 Å². The molecule has 124 valence electrons.